The van der Waals surface area contributed by atoms with E-state index in [9.17, 15) is 14.3 Å². The molecule has 1 aliphatic carbocycles. The predicted octanol–water partition coefficient (Wildman–Crippen LogP) is 4.17. The quantitative estimate of drug-likeness (QED) is 0.761. The minimum absolute atomic E-state index is 0.0689. The highest BCUT2D eigenvalue weighted by atomic mass is 19.1. The summed E-state index contributed by atoms with van der Waals surface area (Å²) >= 11 is 0. The van der Waals surface area contributed by atoms with E-state index >= 15 is 0 Å². The second-order valence-electron chi connectivity index (χ2n) is 8.04. The Morgan fingerprint density at radius 2 is 1.93 bits per heavy atom. The van der Waals surface area contributed by atoms with E-state index in [0.29, 0.717) is 30.6 Å². The SMILES string of the molecule is CCOC(O)C1=C(CC)NC2=C(C(=O)CC(C)(C)C2)C1c1ccc(F)cc1. The van der Waals surface area contributed by atoms with Gasteiger partial charge in [0.2, 0.25) is 0 Å². The molecule has 1 aliphatic heterocycles. The largest absolute Gasteiger partial charge is 0.364 e. The van der Waals surface area contributed by atoms with E-state index in [0.717, 1.165) is 23.4 Å². The number of aliphatic hydroxyl groups excluding tert-OH is 1. The Labute approximate surface area is 160 Å². The number of aliphatic hydroxyl groups is 1. The first-order valence-corrected chi connectivity index (χ1v) is 9.58. The number of ketones is 1. The van der Waals surface area contributed by atoms with Crippen LogP contribution in [0.1, 0.15) is 58.4 Å². The van der Waals surface area contributed by atoms with Gasteiger partial charge in [0.05, 0.1) is 0 Å². The maximum absolute atomic E-state index is 13.5. The zero-order chi connectivity index (χ0) is 19.8. The molecule has 4 nitrogen and oxygen atoms in total. The fourth-order valence-corrected chi connectivity index (χ4v) is 4.20. The molecule has 3 rings (SSSR count). The van der Waals surface area contributed by atoms with E-state index in [2.05, 4.69) is 19.2 Å². The molecule has 0 aromatic heterocycles. The topological polar surface area (TPSA) is 58.6 Å². The smallest absolute Gasteiger partial charge is 0.179 e. The standard InChI is InChI=1S/C22H28FNO3/c1-5-15-20(21(26)27-6-2)18(13-7-9-14(23)10-8-13)19-16(24-15)11-22(3,4)12-17(19)25/h7-10,18,21,24,26H,5-6,11-12H2,1-4H3. The molecule has 0 fully saturated rings. The zero-order valence-corrected chi connectivity index (χ0v) is 16.4. The van der Waals surface area contributed by atoms with Crippen LogP contribution in [0.4, 0.5) is 4.39 Å². The van der Waals surface area contributed by atoms with Crippen LogP contribution in [0.3, 0.4) is 0 Å². The van der Waals surface area contributed by atoms with Crippen LogP contribution >= 0.6 is 0 Å². The highest BCUT2D eigenvalue weighted by Crippen LogP contribution is 2.47. The fraction of sp³-hybridized carbons (Fsp3) is 0.500. The summed E-state index contributed by atoms with van der Waals surface area (Å²) in [4.78, 5) is 13.1. The minimum Gasteiger partial charge on any atom is -0.364 e. The number of rotatable bonds is 5. The third kappa shape index (κ3) is 3.85. The number of carbonyl (C=O) groups is 1. The summed E-state index contributed by atoms with van der Waals surface area (Å²) < 4.78 is 19.0. The third-order valence-corrected chi connectivity index (χ3v) is 5.32. The Bertz CT molecular complexity index is 792. The molecule has 1 aromatic rings. The number of carbonyl (C=O) groups excluding carboxylic acids is 1. The first-order valence-electron chi connectivity index (χ1n) is 9.58. The summed E-state index contributed by atoms with van der Waals surface area (Å²) in [6.07, 6.45) is 0.754. The molecule has 0 saturated heterocycles. The fourth-order valence-electron chi connectivity index (χ4n) is 4.20. The van der Waals surface area contributed by atoms with Gasteiger partial charge in [-0.15, -0.1) is 0 Å². The van der Waals surface area contributed by atoms with Crippen molar-refractivity contribution in [2.24, 2.45) is 5.41 Å². The van der Waals surface area contributed by atoms with Crippen LogP contribution in [0, 0.1) is 11.2 Å². The monoisotopic (exact) mass is 373 g/mol. The van der Waals surface area contributed by atoms with E-state index in [1.165, 1.54) is 12.1 Å². The molecule has 27 heavy (non-hydrogen) atoms. The van der Waals surface area contributed by atoms with Crippen molar-refractivity contribution >= 4 is 5.78 Å². The van der Waals surface area contributed by atoms with Gasteiger partial charge < -0.3 is 15.2 Å². The molecule has 146 valence electrons. The van der Waals surface area contributed by atoms with Crippen molar-refractivity contribution in [2.75, 3.05) is 6.61 Å². The Morgan fingerprint density at radius 1 is 1.26 bits per heavy atom. The van der Waals surface area contributed by atoms with Crippen molar-refractivity contribution in [2.45, 2.75) is 59.2 Å². The van der Waals surface area contributed by atoms with Crippen molar-refractivity contribution in [1.82, 2.24) is 5.32 Å². The predicted molar refractivity (Wildman–Crippen MR) is 102 cm³/mol. The number of ether oxygens (including phenoxy) is 1. The molecule has 0 amide bonds. The van der Waals surface area contributed by atoms with E-state index in [1.807, 2.05) is 13.8 Å². The molecule has 0 radical (unpaired) electrons. The summed E-state index contributed by atoms with van der Waals surface area (Å²) in [5.74, 6) is -0.689. The second-order valence-corrected chi connectivity index (χ2v) is 8.04. The van der Waals surface area contributed by atoms with Crippen LogP contribution in [0.5, 0.6) is 0 Å². The van der Waals surface area contributed by atoms with Gasteiger partial charge in [-0.25, -0.2) is 4.39 Å². The van der Waals surface area contributed by atoms with Crippen LogP contribution < -0.4 is 5.32 Å². The second kappa shape index (κ2) is 7.56. The van der Waals surface area contributed by atoms with Gasteiger partial charge in [-0.05, 0) is 42.9 Å². The molecule has 2 N–H and O–H groups in total. The van der Waals surface area contributed by atoms with Gasteiger partial charge in [0.25, 0.3) is 0 Å². The lowest BCUT2D eigenvalue weighted by molar-refractivity contribution is -0.118. The van der Waals surface area contributed by atoms with Gasteiger partial charge in [0, 0.05) is 41.5 Å². The molecule has 5 heteroatoms. The lowest BCUT2D eigenvalue weighted by Gasteiger charge is -2.41. The highest BCUT2D eigenvalue weighted by Gasteiger charge is 2.42. The van der Waals surface area contributed by atoms with E-state index in [-0.39, 0.29) is 17.0 Å². The first-order chi connectivity index (χ1) is 12.8. The zero-order valence-electron chi connectivity index (χ0n) is 16.4. The molecule has 2 atom stereocenters. The summed E-state index contributed by atoms with van der Waals surface area (Å²) in [6.45, 7) is 8.35. The van der Waals surface area contributed by atoms with E-state index in [4.69, 9.17) is 4.74 Å². The summed E-state index contributed by atoms with van der Waals surface area (Å²) in [5.41, 5.74) is 3.78. The maximum Gasteiger partial charge on any atom is 0.179 e. The minimum atomic E-state index is -1.12. The molecule has 2 aliphatic rings. The van der Waals surface area contributed by atoms with Gasteiger partial charge >= 0.3 is 0 Å². The van der Waals surface area contributed by atoms with Crippen LogP contribution in [0.2, 0.25) is 0 Å². The molecular formula is C22H28FNO3. The third-order valence-electron chi connectivity index (χ3n) is 5.32. The molecule has 1 aromatic carbocycles. The van der Waals surface area contributed by atoms with Gasteiger partial charge in [-0.3, -0.25) is 4.79 Å². The molecule has 0 spiro atoms. The lowest BCUT2D eigenvalue weighted by atomic mass is 9.68. The van der Waals surface area contributed by atoms with E-state index < -0.39 is 12.2 Å². The average molecular weight is 373 g/mol. The van der Waals surface area contributed by atoms with Crippen molar-refractivity contribution in [3.05, 3.63) is 58.2 Å². The molecule has 1 heterocycles. The normalized spacial score (nSPS) is 23.2. The first kappa shape index (κ1) is 19.8. The van der Waals surface area contributed by atoms with Gasteiger partial charge in [-0.1, -0.05) is 32.9 Å². The van der Waals surface area contributed by atoms with Crippen LogP contribution in [-0.2, 0) is 9.53 Å². The number of nitrogens with one attached hydrogen (secondary N) is 1. The number of dihydropyridines is 1. The Hall–Kier alpha value is -1.98. The van der Waals surface area contributed by atoms with E-state index in [1.54, 1.807) is 12.1 Å². The number of halogens is 1. The van der Waals surface area contributed by atoms with Crippen LogP contribution in [0.25, 0.3) is 0 Å². The molecule has 0 bridgehead atoms. The average Bonchev–Trinajstić information content (AvgIpc) is 2.59. The van der Waals surface area contributed by atoms with Crippen molar-refractivity contribution < 1.29 is 19.0 Å². The van der Waals surface area contributed by atoms with Crippen LogP contribution in [-0.4, -0.2) is 23.8 Å². The molecule has 0 saturated carbocycles. The molecule has 2 unspecified atom stereocenters. The lowest BCUT2D eigenvalue weighted by Crippen LogP contribution is -2.40. The number of hydrogen-bond donors (Lipinski definition) is 2. The van der Waals surface area contributed by atoms with Crippen molar-refractivity contribution in [3.8, 4) is 0 Å². The molecular weight excluding hydrogens is 345 g/mol. The Morgan fingerprint density at radius 3 is 2.52 bits per heavy atom. The van der Waals surface area contributed by atoms with Gasteiger partial charge in [0.15, 0.2) is 12.1 Å². The summed E-state index contributed by atoms with van der Waals surface area (Å²) in [5, 5.41) is 14.1. The number of benzene rings is 1. The summed E-state index contributed by atoms with van der Waals surface area (Å²) in [6, 6.07) is 6.17. The Balaban J connectivity index is 2.18. The number of allylic oxidation sites excluding steroid dienone is 3. The van der Waals surface area contributed by atoms with Crippen LogP contribution in [0.15, 0.2) is 46.8 Å². The summed E-state index contributed by atoms with van der Waals surface area (Å²) in [7, 11) is 0. The number of hydrogen-bond acceptors (Lipinski definition) is 4. The number of Topliss-reactive ketones (excluding diaryl/α,β-unsaturated/α-hetero) is 1. The van der Waals surface area contributed by atoms with Crippen molar-refractivity contribution in [1.29, 1.82) is 0 Å². The highest BCUT2D eigenvalue weighted by molar-refractivity contribution is 6.00. The van der Waals surface area contributed by atoms with Gasteiger partial charge in [0.1, 0.15) is 5.82 Å². The Kier molecular flexibility index (Phi) is 5.54. The van der Waals surface area contributed by atoms with Gasteiger partial charge in [-0.2, -0.15) is 0 Å². The van der Waals surface area contributed by atoms with Crippen molar-refractivity contribution in [3.63, 3.8) is 0 Å². The maximum atomic E-state index is 13.5.